The number of nitrogens with zero attached hydrogens (tertiary/aromatic N) is 2. The number of para-hydroxylation sites is 2. The van der Waals surface area contributed by atoms with Crippen molar-refractivity contribution in [2.24, 2.45) is 11.8 Å². The molecule has 0 spiro atoms. The SMILES string of the molecule is CC(C)CN1C(=O)C(NC(=O)[C@H](C)NC(=O)Cc2cc(F)cc(F)c2)C(=O)N(CC(C)C)c2ccccc21. The highest BCUT2D eigenvalue weighted by Crippen LogP contribution is 2.34. The highest BCUT2D eigenvalue weighted by molar-refractivity contribution is 6.21. The number of amides is 4. The molecule has 0 bridgehead atoms. The molecule has 0 aromatic heterocycles. The minimum absolute atomic E-state index is 0.0842. The average Bonchev–Trinajstić information content (AvgIpc) is 2.88. The number of nitrogens with one attached hydrogen (secondary N) is 2. The number of anilines is 2. The normalized spacial score (nSPS) is 15.0. The zero-order chi connectivity index (χ0) is 28.1. The summed E-state index contributed by atoms with van der Waals surface area (Å²) >= 11 is 0. The van der Waals surface area contributed by atoms with Gasteiger partial charge in [0.25, 0.3) is 11.8 Å². The topological polar surface area (TPSA) is 98.8 Å². The number of carbonyl (C=O) groups excluding carboxylic acids is 4. The summed E-state index contributed by atoms with van der Waals surface area (Å²) in [6, 6.07) is 7.27. The van der Waals surface area contributed by atoms with E-state index < -0.39 is 47.3 Å². The summed E-state index contributed by atoms with van der Waals surface area (Å²) in [7, 11) is 0. The maximum Gasteiger partial charge on any atom is 0.259 e. The monoisotopic (exact) mass is 528 g/mol. The second-order valence-electron chi connectivity index (χ2n) is 10.4. The number of rotatable bonds is 9. The van der Waals surface area contributed by atoms with E-state index in [4.69, 9.17) is 0 Å². The van der Waals surface area contributed by atoms with Gasteiger partial charge in [0.05, 0.1) is 17.8 Å². The van der Waals surface area contributed by atoms with Crippen molar-refractivity contribution in [3.05, 3.63) is 59.7 Å². The number of hydrogen-bond acceptors (Lipinski definition) is 4. The highest BCUT2D eigenvalue weighted by Gasteiger charge is 2.41. The minimum Gasteiger partial charge on any atom is -0.344 e. The van der Waals surface area contributed by atoms with Crippen LogP contribution in [0.3, 0.4) is 0 Å². The second kappa shape index (κ2) is 12.1. The predicted octanol–water partition coefficient (Wildman–Crippen LogP) is 3.19. The lowest BCUT2D eigenvalue weighted by Crippen LogP contribution is -2.59. The Morgan fingerprint density at radius 3 is 1.76 bits per heavy atom. The van der Waals surface area contributed by atoms with Gasteiger partial charge in [0, 0.05) is 19.2 Å². The van der Waals surface area contributed by atoms with Crippen molar-refractivity contribution < 1.29 is 28.0 Å². The van der Waals surface area contributed by atoms with Crippen molar-refractivity contribution in [3.63, 3.8) is 0 Å². The van der Waals surface area contributed by atoms with E-state index in [2.05, 4.69) is 10.6 Å². The summed E-state index contributed by atoms with van der Waals surface area (Å²) in [5.41, 5.74) is 1.27. The maximum absolute atomic E-state index is 13.7. The van der Waals surface area contributed by atoms with Crippen molar-refractivity contribution in [3.8, 4) is 0 Å². The zero-order valence-corrected chi connectivity index (χ0v) is 22.3. The lowest BCUT2D eigenvalue weighted by molar-refractivity contribution is -0.135. The molecule has 1 aliphatic rings. The first-order valence-electron chi connectivity index (χ1n) is 12.6. The number of fused-ring (bicyclic) bond motifs is 1. The second-order valence-corrected chi connectivity index (χ2v) is 10.4. The maximum atomic E-state index is 13.7. The van der Waals surface area contributed by atoms with E-state index in [1.165, 1.54) is 16.7 Å². The van der Waals surface area contributed by atoms with E-state index in [0.717, 1.165) is 12.1 Å². The predicted molar refractivity (Wildman–Crippen MR) is 140 cm³/mol. The molecule has 1 aliphatic heterocycles. The number of hydrogen-bond donors (Lipinski definition) is 2. The number of halogens is 2. The molecule has 204 valence electrons. The van der Waals surface area contributed by atoms with Crippen molar-refractivity contribution in [2.45, 2.75) is 53.1 Å². The molecule has 3 rings (SSSR count). The van der Waals surface area contributed by atoms with Crippen LogP contribution in [-0.4, -0.2) is 48.8 Å². The lowest BCUT2D eigenvalue weighted by Gasteiger charge is -2.27. The van der Waals surface area contributed by atoms with Gasteiger partial charge in [-0.1, -0.05) is 39.8 Å². The first-order chi connectivity index (χ1) is 17.9. The smallest absolute Gasteiger partial charge is 0.259 e. The first-order valence-corrected chi connectivity index (χ1v) is 12.6. The van der Waals surface area contributed by atoms with Gasteiger partial charge < -0.3 is 20.4 Å². The molecule has 8 nitrogen and oxygen atoms in total. The Balaban J connectivity index is 1.82. The van der Waals surface area contributed by atoms with Crippen LogP contribution in [0.2, 0.25) is 0 Å². The van der Waals surface area contributed by atoms with Crippen molar-refractivity contribution in [1.29, 1.82) is 0 Å². The fourth-order valence-electron chi connectivity index (χ4n) is 4.33. The molecular weight excluding hydrogens is 494 g/mol. The molecule has 0 aliphatic carbocycles. The van der Waals surface area contributed by atoms with Crippen LogP contribution in [-0.2, 0) is 25.6 Å². The van der Waals surface area contributed by atoms with E-state index in [9.17, 15) is 28.0 Å². The third kappa shape index (κ3) is 6.93. The molecule has 38 heavy (non-hydrogen) atoms. The number of carbonyl (C=O) groups is 4. The van der Waals surface area contributed by atoms with E-state index >= 15 is 0 Å². The molecule has 2 N–H and O–H groups in total. The van der Waals surface area contributed by atoms with Gasteiger partial charge >= 0.3 is 0 Å². The first kappa shape index (κ1) is 28.7. The van der Waals surface area contributed by atoms with Gasteiger partial charge in [0.15, 0.2) is 6.04 Å². The molecule has 0 radical (unpaired) electrons. The summed E-state index contributed by atoms with van der Waals surface area (Å²) in [5.74, 6) is -3.98. The van der Waals surface area contributed by atoms with Crippen molar-refractivity contribution in [1.82, 2.24) is 10.6 Å². The summed E-state index contributed by atoms with van der Waals surface area (Å²) in [6.45, 7) is 9.86. The molecule has 0 saturated heterocycles. The van der Waals surface area contributed by atoms with Crippen LogP contribution in [0.25, 0.3) is 0 Å². The number of benzene rings is 2. The van der Waals surface area contributed by atoms with Crippen LogP contribution in [0, 0.1) is 23.5 Å². The Kier molecular flexibility index (Phi) is 9.19. The summed E-state index contributed by atoms with van der Waals surface area (Å²) in [4.78, 5) is 55.9. The van der Waals surface area contributed by atoms with E-state index in [-0.39, 0.29) is 23.8 Å². The average molecular weight is 529 g/mol. The van der Waals surface area contributed by atoms with Gasteiger partial charge in [-0.15, -0.1) is 0 Å². The lowest BCUT2D eigenvalue weighted by atomic mass is 10.1. The van der Waals surface area contributed by atoms with Crippen LogP contribution < -0.4 is 20.4 Å². The molecule has 0 fully saturated rings. The van der Waals surface area contributed by atoms with Crippen molar-refractivity contribution in [2.75, 3.05) is 22.9 Å². The summed E-state index contributed by atoms with van der Waals surface area (Å²) in [5, 5.41) is 4.99. The van der Waals surface area contributed by atoms with Crippen LogP contribution >= 0.6 is 0 Å². The zero-order valence-electron chi connectivity index (χ0n) is 22.3. The van der Waals surface area contributed by atoms with E-state index in [0.29, 0.717) is 30.5 Å². The molecule has 1 atom stereocenters. The van der Waals surface area contributed by atoms with Gasteiger partial charge in [-0.25, -0.2) is 8.78 Å². The summed E-state index contributed by atoms with van der Waals surface area (Å²) in [6.07, 6.45) is -0.354. The molecule has 1 heterocycles. The third-order valence-electron chi connectivity index (χ3n) is 5.93. The molecular formula is C28H34F2N4O4. The van der Waals surface area contributed by atoms with Gasteiger partial charge in [0.1, 0.15) is 17.7 Å². The van der Waals surface area contributed by atoms with Crippen LogP contribution in [0.5, 0.6) is 0 Å². The standard InChI is InChI=1S/C28H34F2N4O4/c1-16(2)14-33-22-8-6-7-9-23(22)34(15-17(3)4)28(38)25(27(33)37)32-26(36)18(5)31-24(35)12-19-10-20(29)13-21(30)11-19/h6-11,13,16-18,25H,12,14-15H2,1-5H3,(H,31,35)(H,32,36)/t18-/m0/s1. The Morgan fingerprint density at radius 2 is 1.32 bits per heavy atom. The third-order valence-corrected chi connectivity index (χ3v) is 5.93. The van der Waals surface area contributed by atoms with Crippen LogP contribution in [0.4, 0.5) is 20.2 Å². The van der Waals surface area contributed by atoms with Gasteiger partial charge in [0.2, 0.25) is 11.8 Å². The van der Waals surface area contributed by atoms with Gasteiger partial charge in [-0.3, -0.25) is 19.2 Å². The molecule has 0 unspecified atom stereocenters. The Morgan fingerprint density at radius 1 is 0.842 bits per heavy atom. The molecule has 2 aromatic carbocycles. The fourth-order valence-corrected chi connectivity index (χ4v) is 4.33. The van der Waals surface area contributed by atoms with Crippen LogP contribution in [0.15, 0.2) is 42.5 Å². The highest BCUT2D eigenvalue weighted by atomic mass is 19.1. The molecule has 0 saturated carbocycles. The Bertz CT molecular complexity index is 1150. The molecule has 4 amide bonds. The Labute approximate surface area is 221 Å². The van der Waals surface area contributed by atoms with Crippen molar-refractivity contribution >= 4 is 35.0 Å². The molecule has 10 heteroatoms. The van der Waals surface area contributed by atoms with Gasteiger partial charge in [-0.2, -0.15) is 0 Å². The Hall–Kier alpha value is -3.82. The molecule has 2 aromatic rings. The minimum atomic E-state index is -1.50. The van der Waals surface area contributed by atoms with Crippen LogP contribution in [0.1, 0.15) is 40.2 Å². The fraction of sp³-hybridized carbons (Fsp3) is 0.429. The van der Waals surface area contributed by atoms with E-state index in [1.54, 1.807) is 24.3 Å². The quantitative estimate of drug-likeness (QED) is 0.489. The largest absolute Gasteiger partial charge is 0.344 e. The van der Waals surface area contributed by atoms with Gasteiger partial charge in [-0.05, 0) is 48.6 Å². The summed E-state index contributed by atoms with van der Waals surface area (Å²) < 4.78 is 26.9. The van der Waals surface area contributed by atoms with E-state index in [1.807, 2.05) is 27.7 Å².